The quantitative estimate of drug-likeness (QED) is 0.677. The van der Waals surface area contributed by atoms with Crippen molar-refractivity contribution in [3.8, 4) is 0 Å². The lowest BCUT2D eigenvalue weighted by Gasteiger charge is -2.16. The van der Waals surface area contributed by atoms with Crippen molar-refractivity contribution in [3.63, 3.8) is 0 Å². The van der Waals surface area contributed by atoms with Gasteiger partial charge in [-0.3, -0.25) is 4.57 Å². The molecule has 0 saturated heterocycles. The molecule has 0 radical (unpaired) electrons. The zero-order valence-corrected chi connectivity index (χ0v) is 8.41. The first kappa shape index (κ1) is 11.2. The second-order valence-electron chi connectivity index (χ2n) is 2.92. The maximum Gasteiger partial charge on any atom is 0.347 e. The Bertz CT molecular complexity index is 348. The summed E-state index contributed by atoms with van der Waals surface area (Å²) < 4.78 is 23.2. The number of benzene rings is 1. The summed E-state index contributed by atoms with van der Waals surface area (Å²) in [4.78, 5) is 17.6. The summed E-state index contributed by atoms with van der Waals surface area (Å²) in [5, 5.41) is 2.58. The molecule has 0 aliphatic heterocycles. The van der Waals surface area contributed by atoms with Crippen LogP contribution >= 0.6 is 7.60 Å². The van der Waals surface area contributed by atoms with E-state index in [0.29, 0.717) is 5.69 Å². The number of halogens is 1. The van der Waals surface area contributed by atoms with E-state index < -0.39 is 13.4 Å². The van der Waals surface area contributed by atoms with Gasteiger partial charge in [0.25, 0.3) is 0 Å². The standard InChI is InChI=1S/C8H11FNO3P/c1-6(14(11,12)13)10-8-4-2-7(9)3-5-8/h2-6,10H,1H3,(H2,11,12,13). The zero-order chi connectivity index (χ0) is 10.8. The van der Waals surface area contributed by atoms with Crippen LogP contribution in [0.25, 0.3) is 0 Å². The summed E-state index contributed by atoms with van der Waals surface area (Å²) in [7, 11) is -4.14. The Morgan fingerprint density at radius 3 is 2.29 bits per heavy atom. The van der Waals surface area contributed by atoms with Gasteiger partial charge in [-0.25, -0.2) is 4.39 Å². The third-order valence-corrected chi connectivity index (χ3v) is 2.86. The van der Waals surface area contributed by atoms with E-state index in [1.807, 2.05) is 0 Å². The second kappa shape index (κ2) is 4.09. The van der Waals surface area contributed by atoms with E-state index in [0.717, 1.165) is 0 Å². The van der Waals surface area contributed by atoms with Crippen molar-refractivity contribution in [3.05, 3.63) is 30.1 Å². The molecule has 1 aromatic rings. The number of rotatable bonds is 3. The summed E-state index contributed by atoms with van der Waals surface area (Å²) in [6.07, 6.45) is 0. The van der Waals surface area contributed by atoms with Gasteiger partial charge in [0, 0.05) is 5.69 Å². The Hall–Kier alpha value is -0.900. The summed E-state index contributed by atoms with van der Waals surface area (Å²) in [6, 6.07) is 5.27. The summed E-state index contributed by atoms with van der Waals surface area (Å²) in [6.45, 7) is 1.37. The van der Waals surface area contributed by atoms with Crippen LogP contribution in [0.2, 0.25) is 0 Å². The lowest BCUT2D eigenvalue weighted by molar-refractivity contribution is 0.364. The van der Waals surface area contributed by atoms with Crippen LogP contribution in [0.5, 0.6) is 0 Å². The molecule has 0 aliphatic carbocycles. The van der Waals surface area contributed by atoms with Crippen LogP contribution in [0.1, 0.15) is 6.92 Å². The molecule has 78 valence electrons. The van der Waals surface area contributed by atoms with Crippen LogP contribution < -0.4 is 5.32 Å². The largest absolute Gasteiger partial charge is 0.372 e. The third-order valence-electron chi connectivity index (χ3n) is 1.72. The maximum atomic E-state index is 12.5. The molecule has 1 aromatic carbocycles. The van der Waals surface area contributed by atoms with Crippen molar-refractivity contribution in [2.75, 3.05) is 5.32 Å². The second-order valence-corrected chi connectivity index (χ2v) is 4.87. The van der Waals surface area contributed by atoms with Crippen molar-refractivity contribution >= 4 is 13.3 Å². The molecule has 4 nitrogen and oxygen atoms in total. The SMILES string of the molecule is CC(Nc1ccc(F)cc1)P(=O)(O)O. The molecule has 0 saturated carbocycles. The summed E-state index contributed by atoms with van der Waals surface area (Å²) in [5.41, 5.74) is 0.474. The predicted octanol–water partition coefficient (Wildman–Crippen LogP) is 1.76. The molecular weight excluding hydrogens is 208 g/mol. The molecule has 0 spiro atoms. The predicted molar refractivity (Wildman–Crippen MR) is 51.5 cm³/mol. The Balaban J connectivity index is 2.70. The topological polar surface area (TPSA) is 69.6 Å². The average Bonchev–Trinajstić information content (AvgIpc) is 2.07. The summed E-state index contributed by atoms with van der Waals surface area (Å²) in [5.74, 6) is -1.37. The van der Waals surface area contributed by atoms with E-state index in [9.17, 15) is 8.96 Å². The number of anilines is 1. The maximum absolute atomic E-state index is 12.5. The Kier molecular flexibility index (Phi) is 3.26. The molecule has 14 heavy (non-hydrogen) atoms. The first-order chi connectivity index (χ1) is 6.39. The molecule has 0 aromatic heterocycles. The van der Waals surface area contributed by atoms with Crippen LogP contribution in [0, 0.1) is 5.82 Å². The van der Waals surface area contributed by atoms with E-state index >= 15 is 0 Å². The fourth-order valence-electron chi connectivity index (χ4n) is 0.871. The molecule has 6 heteroatoms. The minimum Gasteiger partial charge on any atom is -0.372 e. The number of hydrogen-bond acceptors (Lipinski definition) is 2. The first-order valence-electron chi connectivity index (χ1n) is 3.97. The lowest BCUT2D eigenvalue weighted by Crippen LogP contribution is -2.14. The van der Waals surface area contributed by atoms with Gasteiger partial charge in [0.2, 0.25) is 0 Å². The normalized spacial score (nSPS) is 13.7. The van der Waals surface area contributed by atoms with Crippen molar-refractivity contribution in [2.24, 2.45) is 0 Å². The molecule has 0 aliphatic rings. The highest BCUT2D eigenvalue weighted by molar-refractivity contribution is 7.52. The van der Waals surface area contributed by atoms with Crippen LogP contribution in [0.3, 0.4) is 0 Å². The molecule has 3 N–H and O–H groups in total. The Morgan fingerprint density at radius 1 is 1.36 bits per heavy atom. The van der Waals surface area contributed by atoms with Gasteiger partial charge < -0.3 is 15.1 Å². The first-order valence-corrected chi connectivity index (χ1v) is 5.65. The minimum absolute atomic E-state index is 0.389. The number of hydrogen-bond donors (Lipinski definition) is 3. The van der Waals surface area contributed by atoms with E-state index in [1.165, 1.54) is 31.2 Å². The fourth-order valence-corrected chi connectivity index (χ4v) is 1.19. The summed E-state index contributed by atoms with van der Waals surface area (Å²) >= 11 is 0. The van der Waals surface area contributed by atoms with Crippen molar-refractivity contribution in [1.29, 1.82) is 0 Å². The van der Waals surface area contributed by atoms with Crippen LogP contribution in [0.15, 0.2) is 24.3 Å². The molecule has 0 bridgehead atoms. The van der Waals surface area contributed by atoms with E-state index in [2.05, 4.69) is 5.32 Å². The van der Waals surface area contributed by atoms with Gasteiger partial charge in [0.05, 0.1) is 0 Å². The van der Waals surface area contributed by atoms with Gasteiger partial charge in [-0.1, -0.05) is 0 Å². The highest BCUT2D eigenvalue weighted by Gasteiger charge is 2.23. The van der Waals surface area contributed by atoms with Gasteiger partial charge in [-0.05, 0) is 31.2 Å². The van der Waals surface area contributed by atoms with Gasteiger partial charge in [-0.2, -0.15) is 0 Å². The number of nitrogens with one attached hydrogen (secondary N) is 1. The van der Waals surface area contributed by atoms with Gasteiger partial charge in [0.1, 0.15) is 11.6 Å². The Labute approximate surface area is 80.9 Å². The molecule has 0 fully saturated rings. The molecule has 0 heterocycles. The van der Waals surface area contributed by atoms with E-state index in [-0.39, 0.29) is 5.82 Å². The van der Waals surface area contributed by atoms with E-state index in [4.69, 9.17) is 9.79 Å². The van der Waals surface area contributed by atoms with Crippen LogP contribution in [0.4, 0.5) is 10.1 Å². The third kappa shape index (κ3) is 3.10. The van der Waals surface area contributed by atoms with Gasteiger partial charge in [0.15, 0.2) is 0 Å². The van der Waals surface area contributed by atoms with Crippen LogP contribution in [-0.4, -0.2) is 15.6 Å². The van der Waals surface area contributed by atoms with Crippen molar-refractivity contribution < 1.29 is 18.7 Å². The van der Waals surface area contributed by atoms with Crippen molar-refractivity contribution in [2.45, 2.75) is 12.7 Å². The van der Waals surface area contributed by atoms with Crippen LogP contribution in [-0.2, 0) is 4.57 Å². The molecule has 0 amide bonds. The van der Waals surface area contributed by atoms with Gasteiger partial charge in [-0.15, -0.1) is 0 Å². The highest BCUT2D eigenvalue weighted by atomic mass is 31.2. The molecule has 1 atom stereocenters. The van der Waals surface area contributed by atoms with Crippen molar-refractivity contribution in [1.82, 2.24) is 0 Å². The lowest BCUT2D eigenvalue weighted by atomic mass is 10.3. The Morgan fingerprint density at radius 2 is 1.86 bits per heavy atom. The molecular formula is C8H11FNO3P. The molecule has 1 unspecified atom stereocenters. The minimum atomic E-state index is -4.14. The monoisotopic (exact) mass is 219 g/mol. The zero-order valence-electron chi connectivity index (χ0n) is 7.51. The smallest absolute Gasteiger partial charge is 0.347 e. The highest BCUT2D eigenvalue weighted by Crippen LogP contribution is 2.40. The van der Waals surface area contributed by atoms with E-state index in [1.54, 1.807) is 0 Å². The average molecular weight is 219 g/mol. The molecule has 1 rings (SSSR count). The van der Waals surface area contributed by atoms with Gasteiger partial charge >= 0.3 is 7.60 Å². The fraction of sp³-hybridized carbons (Fsp3) is 0.250.